The van der Waals surface area contributed by atoms with Crippen LogP contribution in [-0.4, -0.2) is 40.6 Å². The molecule has 2 rings (SSSR count). The summed E-state index contributed by atoms with van der Waals surface area (Å²) in [6, 6.07) is 5.72. The van der Waals surface area contributed by atoms with E-state index >= 15 is 0 Å². The first-order valence-corrected chi connectivity index (χ1v) is 10.2. The zero-order chi connectivity index (χ0) is 17.5. The summed E-state index contributed by atoms with van der Waals surface area (Å²) in [6.07, 6.45) is 1.93. The Hall–Kier alpha value is -1.58. The Morgan fingerprint density at radius 2 is 1.92 bits per heavy atom. The fraction of sp³-hybridized carbons (Fsp3) is 0.333. The first-order chi connectivity index (χ1) is 11.5. The fourth-order valence-electron chi connectivity index (χ4n) is 1.78. The summed E-state index contributed by atoms with van der Waals surface area (Å²) in [7, 11) is 0. The third-order valence-electron chi connectivity index (χ3n) is 3.21. The second-order valence-corrected chi connectivity index (χ2v) is 8.15. The second kappa shape index (κ2) is 9.05. The number of hydrogen-bond acceptors (Lipinski definition) is 7. The lowest BCUT2D eigenvalue weighted by Gasteiger charge is -2.10. The van der Waals surface area contributed by atoms with Gasteiger partial charge in [0.1, 0.15) is 0 Å². The molecule has 0 saturated heterocycles. The van der Waals surface area contributed by atoms with Gasteiger partial charge in [0.15, 0.2) is 8.68 Å². The molecule has 24 heavy (non-hydrogen) atoms. The van der Waals surface area contributed by atoms with Gasteiger partial charge in [0, 0.05) is 5.69 Å². The van der Waals surface area contributed by atoms with E-state index in [0.29, 0.717) is 0 Å². The summed E-state index contributed by atoms with van der Waals surface area (Å²) >= 11 is 4.28. The minimum atomic E-state index is -0.248. The topological polar surface area (TPSA) is 84.0 Å². The summed E-state index contributed by atoms with van der Waals surface area (Å²) in [5.41, 5.74) is 2.89. The van der Waals surface area contributed by atoms with Crippen molar-refractivity contribution < 1.29 is 9.59 Å². The molecular weight excluding hydrogens is 364 g/mol. The number of amides is 2. The quantitative estimate of drug-likeness (QED) is 0.717. The molecule has 1 aromatic heterocycles. The van der Waals surface area contributed by atoms with Gasteiger partial charge in [-0.3, -0.25) is 9.59 Å². The highest BCUT2D eigenvalue weighted by molar-refractivity contribution is 8.03. The molecule has 0 aliphatic heterocycles. The molecule has 0 saturated carbocycles. The Balaban J connectivity index is 1.74. The van der Waals surface area contributed by atoms with E-state index in [4.69, 9.17) is 0 Å². The van der Waals surface area contributed by atoms with E-state index in [1.165, 1.54) is 34.9 Å². The number of carbonyl (C=O) groups is 2. The number of aromatic nitrogens is 2. The van der Waals surface area contributed by atoms with Gasteiger partial charge in [0.25, 0.3) is 0 Å². The third-order valence-corrected chi connectivity index (χ3v) is 6.25. The normalized spacial score (nSPS) is 10.5. The lowest BCUT2D eigenvalue weighted by Crippen LogP contribution is -2.34. The predicted molar refractivity (Wildman–Crippen MR) is 100.0 cm³/mol. The zero-order valence-corrected chi connectivity index (χ0v) is 16.0. The summed E-state index contributed by atoms with van der Waals surface area (Å²) < 4.78 is 1.61. The number of rotatable bonds is 7. The zero-order valence-electron chi connectivity index (χ0n) is 13.6. The fourth-order valence-corrected chi connectivity index (χ4v) is 4.04. The Morgan fingerprint density at radius 3 is 2.62 bits per heavy atom. The number of aryl methyl sites for hydroxylation is 1. The largest absolute Gasteiger partial charge is 0.346 e. The van der Waals surface area contributed by atoms with Crippen LogP contribution in [0.2, 0.25) is 0 Å². The van der Waals surface area contributed by atoms with E-state index in [1.807, 2.05) is 38.3 Å². The van der Waals surface area contributed by atoms with Crippen molar-refractivity contribution >= 4 is 52.4 Å². The van der Waals surface area contributed by atoms with E-state index in [9.17, 15) is 9.59 Å². The van der Waals surface area contributed by atoms with Crippen LogP contribution < -0.4 is 10.6 Å². The number of carbonyl (C=O) groups excluding carboxylic acids is 2. The molecule has 0 atom stereocenters. The standard InChI is InChI=1S/C15H18N4O2S3/c1-9-5-4-6-11(10(9)2)17-12(20)7-16-13(21)8-23-15-19-18-14(22-3)24-15/h4-6H,7-8H2,1-3H3,(H,16,21)(H,17,20). The van der Waals surface area contributed by atoms with Crippen LogP contribution in [0.25, 0.3) is 0 Å². The minimum absolute atomic E-state index is 0.0566. The SMILES string of the molecule is CSc1nnc(SCC(=O)NCC(=O)Nc2cccc(C)c2C)s1. The molecule has 0 aliphatic carbocycles. The van der Waals surface area contributed by atoms with Crippen molar-refractivity contribution in [2.24, 2.45) is 0 Å². The Bertz CT molecular complexity index is 733. The van der Waals surface area contributed by atoms with E-state index in [-0.39, 0.29) is 24.1 Å². The molecule has 0 fully saturated rings. The Morgan fingerprint density at radius 1 is 1.17 bits per heavy atom. The van der Waals surface area contributed by atoms with Crippen molar-refractivity contribution in [1.29, 1.82) is 0 Å². The monoisotopic (exact) mass is 382 g/mol. The maximum atomic E-state index is 11.9. The van der Waals surface area contributed by atoms with Crippen LogP contribution in [0, 0.1) is 13.8 Å². The highest BCUT2D eigenvalue weighted by Crippen LogP contribution is 2.26. The molecule has 0 aliphatic rings. The van der Waals surface area contributed by atoms with Gasteiger partial charge >= 0.3 is 0 Å². The molecule has 2 N–H and O–H groups in total. The average Bonchev–Trinajstić information content (AvgIpc) is 3.03. The van der Waals surface area contributed by atoms with E-state index in [2.05, 4.69) is 20.8 Å². The van der Waals surface area contributed by atoms with Crippen molar-refractivity contribution in [3.63, 3.8) is 0 Å². The van der Waals surface area contributed by atoms with Gasteiger partial charge in [-0.15, -0.1) is 10.2 Å². The van der Waals surface area contributed by atoms with Crippen molar-refractivity contribution in [3.8, 4) is 0 Å². The van der Waals surface area contributed by atoms with Gasteiger partial charge in [-0.05, 0) is 37.3 Å². The van der Waals surface area contributed by atoms with Gasteiger partial charge in [-0.25, -0.2) is 0 Å². The van der Waals surface area contributed by atoms with Crippen LogP contribution >= 0.6 is 34.9 Å². The smallest absolute Gasteiger partial charge is 0.243 e. The number of anilines is 1. The summed E-state index contributed by atoms with van der Waals surface area (Å²) in [6.45, 7) is 3.88. The molecule has 1 heterocycles. The Labute approximate surface area is 153 Å². The Kier molecular flexibility index (Phi) is 7.07. The van der Waals surface area contributed by atoms with Crippen LogP contribution in [0.1, 0.15) is 11.1 Å². The third kappa shape index (κ3) is 5.50. The molecule has 128 valence electrons. The molecule has 6 nitrogen and oxygen atoms in total. The van der Waals surface area contributed by atoms with E-state index in [1.54, 1.807) is 0 Å². The molecule has 0 bridgehead atoms. The van der Waals surface area contributed by atoms with Crippen molar-refractivity contribution in [1.82, 2.24) is 15.5 Å². The molecule has 0 unspecified atom stereocenters. The van der Waals surface area contributed by atoms with Crippen LogP contribution in [-0.2, 0) is 9.59 Å². The average molecular weight is 383 g/mol. The second-order valence-electron chi connectivity index (χ2n) is 4.90. The number of benzene rings is 1. The lowest BCUT2D eigenvalue weighted by molar-refractivity contribution is -0.122. The lowest BCUT2D eigenvalue weighted by atomic mass is 10.1. The summed E-state index contributed by atoms with van der Waals surface area (Å²) in [4.78, 5) is 23.8. The van der Waals surface area contributed by atoms with Gasteiger partial charge < -0.3 is 10.6 Å². The van der Waals surface area contributed by atoms with Crippen molar-refractivity contribution in [2.45, 2.75) is 22.5 Å². The first kappa shape index (κ1) is 18.8. The maximum Gasteiger partial charge on any atom is 0.243 e. The van der Waals surface area contributed by atoms with Gasteiger partial charge in [0.2, 0.25) is 11.8 Å². The number of nitrogens with zero attached hydrogens (tertiary/aromatic N) is 2. The molecule has 2 amide bonds. The van der Waals surface area contributed by atoms with Crippen molar-refractivity contribution in [2.75, 3.05) is 23.9 Å². The number of nitrogens with one attached hydrogen (secondary N) is 2. The first-order valence-electron chi connectivity index (χ1n) is 7.12. The molecule has 2 aromatic rings. The maximum absolute atomic E-state index is 11.9. The number of thioether (sulfide) groups is 2. The van der Waals surface area contributed by atoms with Gasteiger partial charge in [-0.1, -0.05) is 47.0 Å². The molecule has 9 heteroatoms. The van der Waals surface area contributed by atoms with Crippen LogP contribution in [0.3, 0.4) is 0 Å². The highest BCUT2D eigenvalue weighted by atomic mass is 32.2. The van der Waals surface area contributed by atoms with Crippen molar-refractivity contribution in [3.05, 3.63) is 29.3 Å². The van der Waals surface area contributed by atoms with Gasteiger partial charge in [-0.2, -0.15) is 0 Å². The number of hydrogen-bond donors (Lipinski definition) is 2. The van der Waals surface area contributed by atoms with Gasteiger partial charge in [0.05, 0.1) is 12.3 Å². The molecule has 0 spiro atoms. The van der Waals surface area contributed by atoms with Crippen LogP contribution in [0.5, 0.6) is 0 Å². The highest BCUT2D eigenvalue weighted by Gasteiger charge is 2.10. The predicted octanol–water partition coefficient (Wildman–Crippen LogP) is 2.72. The minimum Gasteiger partial charge on any atom is -0.346 e. The van der Waals surface area contributed by atoms with Crippen LogP contribution in [0.15, 0.2) is 26.9 Å². The molecular formula is C15H18N4O2S3. The van der Waals surface area contributed by atoms with E-state index < -0.39 is 0 Å². The van der Waals surface area contributed by atoms with E-state index in [0.717, 1.165) is 25.5 Å². The summed E-state index contributed by atoms with van der Waals surface area (Å²) in [5, 5.41) is 13.4. The molecule has 0 radical (unpaired) electrons. The molecule has 1 aromatic carbocycles. The summed E-state index contributed by atoms with van der Waals surface area (Å²) in [5.74, 6) is -0.251. The van der Waals surface area contributed by atoms with Crippen LogP contribution in [0.4, 0.5) is 5.69 Å².